The smallest absolute Gasteiger partial charge is 0.265 e. The van der Waals surface area contributed by atoms with Gasteiger partial charge in [-0.3, -0.25) is 24.1 Å². The van der Waals surface area contributed by atoms with E-state index in [9.17, 15) is 19.2 Å². The lowest BCUT2D eigenvalue weighted by molar-refractivity contribution is 0.0641. The average molecular weight is 625 g/mol. The van der Waals surface area contributed by atoms with Crippen molar-refractivity contribution in [2.75, 3.05) is 10.8 Å². The van der Waals surface area contributed by atoms with Gasteiger partial charge < -0.3 is 0 Å². The summed E-state index contributed by atoms with van der Waals surface area (Å²) in [4.78, 5) is 58.1. The lowest BCUT2D eigenvalue weighted by Gasteiger charge is -2.34. The van der Waals surface area contributed by atoms with Crippen LogP contribution in [0.25, 0.3) is 43.1 Å². The van der Waals surface area contributed by atoms with E-state index in [1.165, 1.54) is 4.90 Å². The molecule has 8 rings (SSSR count). The Morgan fingerprint density at radius 3 is 1.30 bits per heavy atom. The van der Waals surface area contributed by atoms with Crippen molar-refractivity contribution in [2.45, 2.75) is 52.4 Å². The quantitative estimate of drug-likeness (QED) is 0.0906. The molecular formula is C39H32N2O4S. The van der Waals surface area contributed by atoms with E-state index in [2.05, 4.69) is 60.2 Å². The number of rotatable bonds is 2. The van der Waals surface area contributed by atoms with E-state index in [-0.39, 0.29) is 40.3 Å². The number of nitrogens with zero attached hydrogens (tertiary/aromatic N) is 2. The highest BCUT2D eigenvalue weighted by Crippen LogP contribution is 2.47. The maximum Gasteiger partial charge on any atom is 0.265 e. The maximum atomic E-state index is 14.5. The topological polar surface area (TPSA) is 74.8 Å². The van der Waals surface area contributed by atoms with E-state index in [0.717, 1.165) is 48.3 Å². The van der Waals surface area contributed by atoms with Crippen LogP contribution in [-0.2, 0) is 10.8 Å². The van der Waals surface area contributed by atoms with Crippen molar-refractivity contribution in [1.29, 1.82) is 0 Å². The molecule has 46 heavy (non-hydrogen) atoms. The summed E-state index contributed by atoms with van der Waals surface area (Å²) in [5.74, 6) is -1.44. The van der Waals surface area contributed by atoms with Gasteiger partial charge in [-0.2, -0.15) is 12.6 Å². The van der Waals surface area contributed by atoms with Crippen LogP contribution in [0.3, 0.4) is 0 Å². The minimum absolute atomic E-state index is 0.00732. The maximum absolute atomic E-state index is 14.5. The number of amides is 4. The minimum Gasteiger partial charge on any atom is -0.269 e. The van der Waals surface area contributed by atoms with Gasteiger partial charge in [0.1, 0.15) is 0 Å². The molecule has 0 N–H and O–H groups in total. The Kier molecular flexibility index (Phi) is 5.72. The van der Waals surface area contributed by atoms with Crippen LogP contribution in [-0.4, -0.2) is 34.4 Å². The molecule has 0 bridgehead atoms. The number of fused-ring (bicyclic) bond motifs is 2. The first-order chi connectivity index (χ1) is 21.7. The van der Waals surface area contributed by atoms with Gasteiger partial charge in [0, 0.05) is 33.0 Å². The van der Waals surface area contributed by atoms with E-state index < -0.39 is 0 Å². The Morgan fingerprint density at radius 1 is 0.522 bits per heavy atom. The highest BCUT2D eigenvalue weighted by atomic mass is 32.1. The summed E-state index contributed by atoms with van der Waals surface area (Å²) in [6.07, 6.45) is 0. The highest BCUT2D eigenvalue weighted by Gasteiger charge is 2.39. The molecule has 6 aromatic carbocycles. The number of thiol groups is 1. The van der Waals surface area contributed by atoms with Crippen LogP contribution in [0.2, 0.25) is 0 Å². The van der Waals surface area contributed by atoms with Gasteiger partial charge in [-0.05, 0) is 84.6 Å². The fourth-order valence-corrected chi connectivity index (χ4v) is 7.74. The summed E-state index contributed by atoms with van der Waals surface area (Å²) in [7, 11) is 0. The molecule has 0 saturated carbocycles. The molecule has 2 heterocycles. The second-order valence-electron chi connectivity index (χ2n) is 14.5. The minimum atomic E-state index is -0.367. The predicted octanol–water partition coefficient (Wildman–Crippen LogP) is 8.62. The fourth-order valence-electron chi connectivity index (χ4n) is 7.48. The molecule has 2 aliphatic rings. The Balaban J connectivity index is 1.42. The van der Waals surface area contributed by atoms with Gasteiger partial charge in [0.15, 0.2) is 0 Å². The van der Waals surface area contributed by atoms with Crippen molar-refractivity contribution in [1.82, 2.24) is 4.90 Å². The van der Waals surface area contributed by atoms with Gasteiger partial charge in [-0.1, -0.05) is 77.9 Å². The van der Waals surface area contributed by atoms with Gasteiger partial charge in [0.2, 0.25) is 0 Å². The molecule has 0 radical (unpaired) electrons. The number of hydrogen-bond donors (Lipinski definition) is 1. The van der Waals surface area contributed by atoms with E-state index in [1.807, 2.05) is 48.5 Å². The molecular weight excluding hydrogens is 593 g/mol. The van der Waals surface area contributed by atoms with Crippen molar-refractivity contribution in [2.24, 2.45) is 0 Å². The van der Waals surface area contributed by atoms with Crippen LogP contribution in [0, 0.1) is 0 Å². The highest BCUT2D eigenvalue weighted by molar-refractivity contribution is 7.80. The summed E-state index contributed by atoms with van der Waals surface area (Å²) < 4.78 is 0. The van der Waals surface area contributed by atoms with Crippen LogP contribution < -0.4 is 4.90 Å². The Morgan fingerprint density at radius 2 is 0.935 bits per heavy atom. The monoisotopic (exact) mass is 624 g/mol. The largest absolute Gasteiger partial charge is 0.269 e. The number of carbonyl (C=O) groups is 4. The molecule has 4 amide bonds. The van der Waals surface area contributed by atoms with Crippen molar-refractivity contribution >= 4 is 85.0 Å². The number of imide groups is 2. The molecule has 0 spiro atoms. The molecule has 6 aromatic rings. The Labute approximate surface area is 271 Å². The van der Waals surface area contributed by atoms with Gasteiger partial charge in [0.05, 0.1) is 11.6 Å². The van der Waals surface area contributed by atoms with E-state index in [4.69, 9.17) is 0 Å². The first-order valence-corrected chi connectivity index (χ1v) is 16.1. The third-order valence-corrected chi connectivity index (χ3v) is 10.1. The standard InChI is InChI=1S/C39H32N2O4S/c1-38(2,3)19-7-16-28(39(4,5)6)29(17-19)41-36(44)26-14-10-22-20-8-12-24-32-25(35(43)40(18-46)34(24)42)13-9-21(30(20)32)23-11-15-27(37(41)45)33(26)31(22)23/h7-17,46H,18H2,1-6H3. The number of benzene rings is 6. The van der Waals surface area contributed by atoms with Gasteiger partial charge in [0.25, 0.3) is 23.6 Å². The lowest BCUT2D eigenvalue weighted by atomic mass is 9.79. The molecule has 7 heteroatoms. The molecule has 0 aromatic heterocycles. The van der Waals surface area contributed by atoms with Crippen LogP contribution in [0.1, 0.15) is 94.1 Å². The second-order valence-corrected chi connectivity index (χ2v) is 14.8. The zero-order valence-electron chi connectivity index (χ0n) is 26.5. The molecule has 228 valence electrons. The van der Waals surface area contributed by atoms with E-state index in [0.29, 0.717) is 38.7 Å². The van der Waals surface area contributed by atoms with Gasteiger partial charge in [-0.15, -0.1) is 0 Å². The molecule has 0 fully saturated rings. The summed E-state index contributed by atoms with van der Waals surface area (Å²) in [5.41, 5.74) is 3.96. The SMILES string of the molecule is CC(C)(C)c1ccc(C(C)(C)C)c(N2C(=O)c3ccc4c5ccc6c7c(ccc(c8ccc(c3c48)C2=O)c75)C(=O)N(CS)C6=O)c1. The van der Waals surface area contributed by atoms with Gasteiger partial charge in [-0.25, -0.2) is 4.90 Å². The van der Waals surface area contributed by atoms with Crippen molar-refractivity contribution in [3.05, 3.63) is 100 Å². The zero-order chi connectivity index (χ0) is 32.6. The van der Waals surface area contributed by atoms with Crippen LogP contribution in [0.4, 0.5) is 5.69 Å². The molecule has 0 unspecified atom stereocenters. The number of anilines is 1. The lowest BCUT2D eigenvalue weighted by Crippen LogP contribution is -2.42. The van der Waals surface area contributed by atoms with E-state index in [1.54, 1.807) is 12.1 Å². The third-order valence-electron chi connectivity index (χ3n) is 9.77. The Bertz CT molecular complexity index is 2290. The molecule has 0 atom stereocenters. The van der Waals surface area contributed by atoms with Crippen LogP contribution in [0.15, 0.2) is 66.7 Å². The third kappa shape index (κ3) is 3.60. The predicted molar refractivity (Wildman–Crippen MR) is 187 cm³/mol. The fraction of sp³-hybridized carbons (Fsp3) is 0.231. The normalized spacial score (nSPS) is 15.5. The summed E-state index contributed by atoms with van der Waals surface area (Å²) in [5, 5.41) is 6.38. The van der Waals surface area contributed by atoms with Gasteiger partial charge >= 0.3 is 0 Å². The first kappa shape index (κ1) is 28.7. The van der Waals surface area contributed by atoms with Crippen LogP contribution >= 0.6 is 12.6 Å². The average Bonchev–Trinajstić information content (AvgIpc) is 3.01. The van der Waals surface area contributed by atoms with Crippen LogP contribution in [0.5, 0.6) is 0 Å². The number of hydrogen-bond acceptors (Lipinski definition) is 5. The second kappa shape index (κ2) is 9.17. The molecule has 6 nitrogen and oxygen atoms in total. The zero-order valence-corrected chi connectivity index (χ0v) is 27.4. The molecule has 0 aliphatic carbocycles. The van der Waals surface area contributed by atoms with Crippen molar-refractivity contribution in [3.63, 3.8) is 0 Å². The first-order valence-electron chi connectivity index (χ1n) is 15.4. The Hall–Kier alpha value is -4.75. The summed E-state index contributed by atoms with van der Waals surface area (Å²) in [6.45, 7) is 12.6. The van der Waals surface area contributed by atoms with Crippen molar-refractivity contribution < 1.29 is 19.2 Å². The van der Waals surface area contributed by atoms with E-state index >= 15 is 0 Å². The molecule has 2 aliphatic heterocycles. The summed E-state index contributed by atoms with van der Waals surface area (Å²) in [6, 6.07) is 21.0. The van der Waals surface area contributed by atoms with Crippen molar-refractivity contribution in [3.8, 4) is 0 Å². The number of carbonyl (C=O) groups excluding carboxylic acids is 4. The molecule has 0 saturated heterocycles. The summed E-state index contributed by atoms with van der Waals surface area (Å²) >= 11 is 4.23.